The summed E-state index contributed by atoms with van der Waals surface area (Å²) in [5, 5.41) is 6.92. The molecule has 0 radical (unpaired) electrons. The Labute approximate surface area is 164 Å². The summed E-state index contributed by atoms with van der Waals surface area (Å²) in [5.41, 5.74) is 1.50. The normalized spacial score (nSPS) is 16.1. The van der Waals surface area contributed by atoms with Gasteiger partial charge in [0.25, 0.3) is 0 Å². The second-order valence-electron chi connectivity index (χ2n) is 7.64. The Morgan fingerprint density at radius 1 is 1.19 bits per heavy atom. The van der Waals surface area contributed by atoms with Crippen molar-refractivity contribution < 1.29 is 9.47 Å². The molecule has 0 heterocycles. The van der Waals surface area contributed by atoms with Gasteiger partial charge in [0.05, 0.1) is 0 Å². The van der Waals surface area contributed by atoms with Gasteiger partial charge in [-0.05, 0) is 44.8 Å². The number of aliphatic imine (C=N–C) groups is 1. The van der Waals surface area contributed by atoms with Crippen LogP contribution < -0.4 is 15.4 Å². The average Bonchev–Trinajstić information content (AvgIpc) is 2.63. The zero-order valence-corrected chi connectivity index (χ0v) is 17.4. The number of hydrogen-bond acceptors (Lipinski definition) is 4. The van der Waals surface area contributed by atoms with Crippen molar-refractivity contribution in [3.8, 4) is 5.75 Å². The highest BCUT2D eigenvalue weighted by Gasteiger charge is 2.36. The Morgan fingerprint density at radius 3 is 2.59 bits per heavy atom. The number of nitrogens with one attached hydrogen (secondary N) is 2. The van der Waals surface area contributed by atoms with E-state index in [2.05, 4.69) is 26.6 Å². The monoisotopic (exact) mass is 376 g/mol. The number of hydrogen-bond donors (Lipinski definition) is 2. The number of rotatable bonds is 11. The van der Waals surface area contributed by atoms with Crippen molar-refractivity contribution in [3.05, 3.63) is 29.8 Å². The fraction of sp³-hybridized carbons (Fsp3) is 0.667. The van der Waals surface area contributed by atoms with Gasteiger partial charge in [0.1, 0.15) is 12.4 Å². The Morgan fingerprint density at radius 2 is 1.96 bits per heavy atom. The summed E-state index contributed by atoms with van der Waals surface area (Å²) in [4.78, 5) is 6.49. The van der Waals surface area contributed by atoms with Gasteiger partial charge in [-0.2, -0.15) is 0 Å². The molecule has 0 spiro atoms. The van der Waals surface area contributed by atoms with Gasteiger partial charge in [0.2, 0.25) is 0 Å². The first-order valence-electron chi connectivity index (χ1n) is 9.87. The van der Waals surface area contributed by atoms with E-state index in [1.54, 1.807) is 7.11 Å². The third kappa shape index (κ3) is 7.03. The molecule has 0 atom stereocenters. The molecule has 0 aliphatic heterocycles. The minimum atomic E-state index is 0.362. The molecule has 1 aromatic rings. The molecule has 0 unspecified atom stereocenters. The second kappa shape index (κ2) is 11.1. The lowest BCUT2D eigenvalue weighted by molar-refractivity contribution is 0.0732. The first-order valence-corrected chi connectivity index (χ1v) is 9.87. The topological polar surface area (TPSA) is 58.1 Å². The lowest BCUT2D eigenvalue weighted by Gasteiger charge is -2.42. The molecule has 0 aromatic heterocycles. The highest BCUT2D eigenvalue weighted by molar-refractivity contribution is 5.79. The van der Waals surface area contributed by atoms with E-state index in [9.17, 15) is 0 Å². The lowest BCUT2D eigenvalue weighted by Crippen LogP contribution is -2.46. The highest BCUT2D eigenvalue weighted by Crippen LogP contribution is 2.43. The maximum absolute atomic E-state index is 5.94. The van der Waals surface area contributed by atoms with Crippen molar-refractivity contribution in [1.82, 2.24) is 15.5 Å². The van der Waals surface area contributed by atoms with Crippen LogP contribution in [0.2, 0.25) is 0 Å². The molecule has 152 valence electrons. The van der Waals surface area contributed by atoms with Gasteiger partial charge in [0, 0.05) is 46.0 Å². The molecular formula is C21H36N4O2. The van der Waals surface area contributed by atoms with Gasteiger partial charge >= 0.3 is 0 Å². The quantitative estimate of drug-likeness (QED) is 0.459. The smallest absolute Gasteiger partial charge is 0.191 e. The van der Waals surface area contributed by atoms with Gasteiger partial charge in [-0.1, -0.05) is 24.6 Å². The van der Waals surface area contributed by atoms with Crippen LogP contribution in [0.5, 0.6) is 5.75 Å². The van der Waals surface area contributed by atoms with Crippen LogP contribution in [0.3, 0.4) is 0 Å². The molecular weight excluding hydrogens is 340 g/mol. The first kappa shape index (κ1) is 21.5. The van der Waals surface area contributed by atoms with Crippen LogP contribution in [0, 0.1) is 5.41 Å². The van der Waals surface area contributed by atoms with Gasteiger partial charge in [-0.3, -0.25) is 4.99 Å². The van der Waals surface area contributed by atoms with Crippen LogP contribution in [0.4, 0.5) is 0 Å². The third-order valence-electron chi connectivity index (χ3n) is 5.32. The summed E-state index contributed by atoms with van der Waals surface area (Å²) >= 11 is 0. The number of guanidine groups is 1. The average molecular weight is 377 g/mol. The fourth-order valence-corrected chi connectivity index (χ4v) is 3.31. The van der Waals surface area contributed by atoms with E-state index < -0.39 is 0 Å². The second-order valence-corrected chi connectivity index (χ2v) is 7.64. The molecule has 6 nitrogen and oxygen atoms in total. The summed E-state index contributed by atoms with van der Waals surface area (Å²) in [6.45, 7) is 4.03. The molecule has 6 heteroatoms. The number of nitrogens with zero attached hydrogens (tertiary/aromatic N) is 2. The molecule has 1 saturated carbocycles. The van der Waals surface area contributed by atoms with Crippen LogP contribution in [0.15, 0.2) is 29.3 Å². The number of methoxy groups -OCH3 is 1. The zero-order chi connectivity index (χ0) is 19.5. The van der Waals surface area contributed by atoms with E-state index in [0.717, 1.165) is 43.4 Å². The van der Waals surface area contributed by atoms with Gasteiger partial charge in [-0.25, -0.2) is 0 Å². The van der Waals surface area contributed by atoms with Gasteiger partial charge in [0.15, 0.2) is 5.96 Å². The van der Waals surface area contributed by atoms with Gasteiger partial charge in [-0.15, -0.1) is 0 Å². The highest BCUT2D eigenvalue weighted by atomic mass is 16.5. The van der Waals surface area contributed by atoms with Crippen LogP contribution in [-0.2, 0) is 11.3 Å². The number of para-hydroxylation sites is 1. The molecule has 1 aliphatic rings. The molecule has 0 bridgehead atoms. The third-order valence-corrected chi connectivity index (χ3v) is 5.32. The molecule has 27 heavy (non-hydrogen) atoms. The van der Waals surface area contributed by atoms with E-state index in [0.29, 0.717) is 18.6 Å². The Balaban J connectivity index is 1.83. The predicted octanol–water partition coefficient (Wildman–Crippen LogP) is 2.50. The molecule has 1 aromatic carbocycles. The molecule has 1 aliphatic carbocycles. The minimum absolute atomic E-state index is 0.362. The zero-order valence-electron chi connectivity index (χ0n) is 17.4. The van der Waals surface area contributed by atoms with Crippen molar-refractivity contribution in [1.29, 1.82) is 0 Å². The number of benzene rings is 1. The molecule has 1 fully saturated rings. The summed E-state index contributed by atoms with van der Waals surface area (Å²) in [7, 11) is 7.69. The predicted molar refractivity (Wildman–Crippen MR) is 111 cm³/mol. The van der Waals surface area contributed by atoms with E-state index in [4.69, 9.17) is 9.47 Å². The van der Waals surface area contributed by atoms with E-state index in [1.807, 2.05) is 39.3 Å². The number of likely N-dealkylation sites (N-methyl/N-ethyl adjacent to an activating group) is 1. The fourth-order valence-electron chi connectivity index (χ4n) is 3.31. The SMILES string of the molecule is CN=C(NCc1ccccc1OCCN(C)C)NCC1(CCOC)CCC1. The van der Waals surface area contributed by atoms with Crippen LogP contribution in [0.25, 0.3) is 0 Å². The van der Waals surface area contributed by atoms with Crippen molar-refractivity contribution in [2.75, 3.05) is 54.6 Å². The first-order chi connectivity index (χ1) is 13.1. The van der Waals surface area contributed by atoms with Crippen molar-refractivity contribution in [2.45, 2.75) is 32.2 Å². The molecule has 0 amide bonds. The van der Waals surface area contributed by atoms with Gasteiger partial charge < -0.3 is 25.0 Å². The van der Waals surface area contributed by atoms with Crippen molar-refractivity contribution in [2.24, 2.45) is 10.4 Å². The Bertz CT molecular complexity index is 585. The van der Waals surface area contributed by atoms with Crippen LogP contribution in [-0.4, -0.2) is 65.4 Å². The number of ether oxygens (including phenoxy) is 2. The lowest BCUT2D eigenvalue weighted by atomic mass is 9.67. The summed E-state index contributed by atoms with van der Waals surface area (Å²) in [6, 6.07) is 8.17. The summed E-state index contributed by atoms with van der Waals surface area (Å²) in [5.74, 6) is 1.76. The van der Waals surface area contributed by atoms with Crippen LogP contribution >= 0.6 is 0 Å². The van der Waals surface area contributed by atoms with E-state index >= 15 is 0 Å². The maximum Gasteiger partial charge on any atom is 0.191 e. The van der Waals surface area contributed by atoms with E-state index in [-0.39, 0.29) is 0 Å². The summed E-state index contributed by atoms with van der Waals surface area (Å²) < 4.78 is 11.2. The Kier molecular flexibility index (Phi) is 8.88. The maximum atomic E-state index is 5.94. The molecule has 2 rings (SSSR count). The molecule has 2 N–H and O–H groups in total. The van der Waals surface area contributed by atoms with E-state index in [1.165, 1.54) is 19.3 Å². The largest absolute Gasteiger partial charge is 0.492 e. The van der Waals surface area contributed by atoms with Crippen LogP contribution in [0.1, 0.15) is 31.2 Å². The standard InChI is InChI=1S/C21H36N4O2/c1-22-20(24-17-21(10-7-11-21)12-14-26-4)23-16-18-8-5-6-9-19(18)27-15-13-25(2)3/h5-6,8-9H,7,10-17H2,1-4H3,(H2,22,23,24). The van der Waals surface area contributed by atoms with Crippen molar-refractivity contribution in [3.63, 3.8) is 0 Å². The summed E-state index contributed by atoms with van der Waals surface area (Å²) in [6.07, 6.45) is 4.96. The molecule has 0 saturated heterocycles. The Hall–Kier alpha value is -1.79. The minimum Gasteiger partial charge on any atom is -0.492 e. The van der Waals surface area contributed by atoms with Crippen molar-refractivity contribution >= 4 is 5.96 Å².